The van der Waals surface area contributed by atoms with Crippen molar-refractivity contribution in [3.63, 3.8) is 0 Å². The van der Waals surface area contributed by atoms with Gasteiger partial charge in [0.2, 0.25) is 0 Å². The molecule has 13 heavy (non-hydrogen) atoms. The van der Waals surface area contributed by atoms with Crippen LogP contribution in [0.5, 0.6) is 0 Å². The predicted octanol–water partition coefficient (Wildman–Crippen LogP) is 1.89. The first-order chi connectivity index (χ1) is 6.20. The maximum Gasteiger partial charge on any atom is 0.0351 e. The summed E-state index contributed by atoms with van der Waals surface area (Å²) in [6.45, 7) is 4.94. The van der Waals surface area contributed by atoms with Gasteiger partial charge in [-0.1, -0.05) is 0 Å². The molecule has 0 aromatic heterocycles. The van der Waals surface area contributed by atoms with Crippen molar-refractivity contribution in [2.24, 2.45) is 5.73 Å². The lowest BCUT2D eigenvalue weighted by Gasteiger charge is -2.20. The van der Waals surface area contributed by atoms with Crippen LogP contribution >= 0.6 is 23.2 Å². The van der Waals surface area contributed by atoms with Crippen LogP contribution in [0.4, 0.5) is 0 Å². The third kappa shape index (κ3) is 8.82. The van der Waals surface area contributed by atoms with E-state index in [9.17, 15) is 0 Å². The van der Waals surface area contributed by atoms with Crippen LogP contribution in [0.25, 0.3) is 0 Å². The van der Waals surface area contributed by atoms with Crippen LogP contribution in [0.3, 0.4) is 0 Å². The molecule has 0 aliphatic carbocycles. The van der Waals surface area contributed by atoms with E-state index in [1.165, 1.54) is 0 Å². The van der Waals surface area contributed by atoms with E-state index >= 15 is 0 Å². The van der Waals surface area contributed by atoms with Gasteiger partial charge in [-0.2, -0.15) is 0 Å². The highest BCUT2D eigenvalue weighted by Gasteiger charge is 2.03. The number of rotatable bonds is 8. The summed E-state index contributed by atoms with van der Waals surface area (Å²) in [5.41, 5.74) is 5.66. The van der Waals surface area contributed by atoms with Crippen molar-refractivity contribution in [2.75, 3.05) is 31.4 Å². The predicted molar refractivity (Wildman–Crippen MR) is 60.8 cm³/mol. The molecular weight excluding hydrogens is 207 g/mol. The fourth-order valence-corrected chi connectivity index (χ4v) is 1.69. The Morgan fingerprint density at radius 1 is 1.15 bits per heavy atom. The molecule has 2 N–H and O–H groups in total. The smallest absolute Gasteiger partial charge is 0.0351 e. The molecule has 0 aliphatic heterocycles. The van der Waals surface area contributed by atoms with Gasteiger partial charge in [-0.25, -0.2) is 0 Å². The van der Waals surface area contributed by atoms with Crippen LogP contribution < -0.4 is 5.73 Å². The normalized spacial score (nSPS) is 13.6. The summed E-state index contributed by atoms with van der Waals surface area (Å²) in [7, 11) is 0. The van der Waals surface area contributed by atoms with Gasteiger partial charge in [-0.05, 0) is 26.3 Å². The van der Waals surface area contributed by atoms with Gasteiger partial charge in [-0.3, -0.25) is 0 Å². The van der Waals surface area contributed by atoms with Crippen LogP contribution in [-0.4, -0.2) is 42.3 Å². The SMILES string of the molecule is CC(N)CCCN(CCCl)CCCl. The Hall–Kier alpha value is 0.500. The molecule has 0 aliphatic rings. The van der Waals surface area contributed by atoms with E-state index in [4.69, 9.17) is 28.9 Å². The highest BCUT2D eigenvalue weighted by Crippen LogP contribution is 1.99. The maximum atomic E-state index is 5.66. The summed E-state index contributed by atoms with van der Waals surface area (Å²) in [5.74, 6) is 1.35. The zero-order valence-electron chi connectivity index (χ0n) is 8.31. The summed E-state index contributed by atoms with van der Waals surface area (Å²) in [6.07, 6.45) is 2.20. The topological polar surface area (TPSA) is 29.3 Å². The molecule has 0 spiro atoms. The minimum absolute atomic E-state index is 0.300. The van der Waals surface area contributed by atoms with Crippen LogP contribution in [0.1, 0.15) is 19.8 Å². The molecule has 1 unspecified atom stereocenters. The Morgan fingerprint density at radius 3 is 2.08 bits per heavy atom. The van der Waals surface area contributed by atoms with Crippen LogP contribution in [0, 0.1) is 0 Å². The average Bonchev–Trinajstić information content (AvgIpc) is 2.04. The van der Waals surface area contributed by atoms with E-state index in [0.29, 0.717) is 17.8 Å². The van der Waals surface area contributed by atoms with Crippen molar-refractivity contribution in [2.45, 2.75) is 25.8 Å². The second-order valence-corrected chi connectivity index (χ2v) is 4.10. The summed E-state index contributed by atoms with van der Waals surface area (Å²) in [5, 5.41) is 0. The molecule has 0 fully saturated rings. The molecule has 0 aromatic carbocycles. The summed E-state index contributed by atoms with van der Waals surface area (Å²) in [4.78, 5) is 2.28. The fourth-order valence-electron chi connectivity index (χ4n) is 1.21. The lowest BCUT2D eigenvalue weighted by molar-refractivity contribution is 0.297. The van der Waals surface area contributed by atoms with Gasteiger partial charge >= 0.3 is 0 Å². The summed E-state index contributed by atoms with van der Waals surface area (Å²) < 4.78 is 0. The maximum absolute atomic E-state index is 5.66. The molecule has 0 saturated carbocycles. The largest absolute Gasteiger partial charge is 0.328 e. The van der Waals surface area contributed by atoms with Gasteiger partial charge in [0.15, 0.2) is 0 Å². The molecule has 0 rings (SSSR count). The van der Waals surface area contributed by atoms with Crippen molar-refractivity contribution < 1.29 is 0 Å². The minimum Gasteiger partial charge on any atom is -0.328 e. The fraction of sp³-hybridized carbons (Fsp3) is 1.00. The number of hydrogen-bond donors (Lipinski definition) is 1. The van der Waals surface area contributed by atoms with E-state index in [0.717, 1.165) is 32.5 Å². The average molecular weight is 227 g/mol. The second kappa shape index (κ2) is 9.07. The molecule has 0 aromatic rings. The third-order valence-electron chi connectivity index (χ3n) is 1.94. The van der Waals surface area contributed by atoms with E-state index in [-0.39, 0.29) is 0 Å². The van der Waals surface area contributed by atoms with Gasteiger partial charge in [0.1, 0.15) is 0 Å². The number of halogens is 2. The number of alkyl halides is 2. The quantitative estimate of drug-likeness (QED) is 0.641. The van der Waals surface area contributed by atoms with Gasteiger partial charge < -0.3 is 10.6 Å². The summed E-state index contributed by atoms with van der Waals surface area (Å²) >= 11 is 11.3. The molecule has 80 valence electrons. The Bertz CT molecular complexity index is 104. The van der Waals surface area contributed by atoms with E-state index in [1.54, 1.807) is 0 Å². The Balaban J connectivity index is 3.44. The van der Waals surface area contributed by atoms with Gasteiger partial charge in [-0.15, -0.1) is 23.2 Å². The van der Waals surface area contributed by atoms with Crippen LogP contribution in [-0.2, 0) is 0 Å². The monoisotopic (exact) mass is 226 g/mol. The zero-order valence-corrected chi connectivity index (χ0v) is 9.82. The first kappa shape index (κ1) is 13.5. The summed E-state index contributed by atoms with van der Waals surface area (Å²) in [6, 6.07) is 0.300. The minimum atomic E-state index is 0.300. The molecule has 2 nitrogen and oxygen atoms in total. The second-order valence-electron chi connectivity index (χ2n) is 3.34. The zero-order chi connectivity index (χ0) is 10.1. The number of nitrogens with two attached hydrogens (primary N) is 1. The molecule has 4 heteroatoms. The molecule has 0 radical (unpaired) electrons. The first-order valence-corrected chi connectivity index (χ1v) is 5.87. The molecule has 0 amide bonds. The molecular formula is C9H20Cl2N2. The lowest BCUT2D eigenvalue weighted by atomic mass is 10.2. The van der Waals surface area contributed by atoms with E-state index in [1.807, 2.05) is 6.92 Å². The van der Waals surface area contributed by atoms with Crippen molar-refractivity contribution in [3.05, 3.63) is 0 Å². The van der Waals surface area contributed by atoms with Crippen molar-refractivity contribution >= 4 is 23.2 Å². The van der Waals surface area contributed by atoms with Crippen LogP contribution in [0.15, 0.2) is 0 Å². The van der Waals surface area contributed by atoms with Crippen molar-refractivity contribution in [1.29, 1.82) is 0 Å². The Kier molecular flexibility index (Phi) is 9.42. The van der Waals surface area contributed by atoms with Crippen LogP contribution in [0.2, 0.25) is 0 Å². The van der Waals surface area contributed by atoms with E-state index in [2.05, 4.69) is 4.90 Å². The highest BCUT2D eigenvalue weighted by molar-refractivity contribution is 6.18. The molecule has 0 heterocycles. The Labute approximate surface area is 91.4 Å². The van der Waals surface area contributed by atoms with Crippen molar-refractivity contribution in [1.82, 2.24) is 4.90 Å². The standard InChI is InChI=1S/C9H20Cl2N2/c1-9(12)3-2-6-13(7-4-10)8-5-11/h9H,2-8,12H2,1H3. The van der Waals surface area contributed by atoms with Crippen molar-refractivity contribution in [3.8, 4) is 0 Å². The van der Waals surface area contributed by atoms with Gasteiger partial charge in [0.25, 0.3) is 0 Å². The third-order valence-corrected chi connectivity index (χ3v) is 2.27. The number of hydrogen-bond acceptors (Lipinski definition) is 2. The first-order valence-electron chi connectivity index (χ1n) is 4.80. The highest BCUT2D eigenvalue weighted by atomic mass is 35.5. The van der Waals surface area contributed by atoms with Gasteiger partial charge in [0, 0.05) is 30.9 Å². The molecule has 0 bridgehead atoms. The van der Waals surface area contributed by atoms with Gasteiger partial charge in [0.05, 0.1) is 0 Å². The Morgan fingerprint density at radius 2 is 1.69 bits per heavy atom. The molecule has 0 saturated heterocycles. The lowest BCUT2D eigenvalue weighted by Crippen LogP contribution is -2.30. The number of nitrogens with zero attached hydrogens (tertiary/aromatic N) is 1. The van der Waals surface area contributed by atoms with E-state index < -0.39 is 0 Å². The molecule has 1 atom stereocenters.